The monoisotopic (exact) mass is 509 g/mol. The van der Waals surface area contributed by atoms with Gasteiger partial charge in [-0.25, -0.2) is 4.39 Å². The first-order valence-electron chi connectivity index (χ1n) is 10.2. The fourth-order valence-electron chi connectivity index (χ4n) is 3.13. The van der Waals surface area contributed by atoms with Crippen molar-refractivity contribution >= 4 is 46.6 Å². The summed E-state index contributed by atoms with van der Waals surface area (Å²) in [5.41, 5.74) is 0.847. The van der Waals surface area contributed by atoms with Crippen LogP contribution >= 0.6 is 23.2 Å². The molecule has 3 rings (SSSR count). The maximum Gasteiger partial charge on any atom is 0.267 e. The van der Waals surface area contributed by atoms with Crippen LogP contribution in [-0.2, 0) is 14.4 Å². The summed E-state index contributed by atoms with van der Waals surface area (Å²) >= 11 is 11.6. The lowest BCUT2D eigenvalue weighted by Crippen LogP contribution is -2.50. The van der Waals surface area contributed by atoms with Crippen LogP contribution in [0.5, 0.6) is 11.5 Å². The highest BCUT2D eigenvalue weighted by Crippen LogP contribution is 2.35. The van der Waals surface area contributed by atoms with Gasteiger partial charge in [0.15, 0.2) is 12.7 Å². The number of hydrogen-bond donors (Lipinski definition) is 2. The number of nitrogens with one attached hydrogen (secondary N) is 2. The van der Waals surface area contributed by atoms with Crippen LogP contribution in [0.4, 0.5) is 10.1 Å². The molecule has 0 saturated heterocycles. The molecule has 1 aliphatic heterocycles. The molecule has 8 nitrogen and oxygen atoms in total. The molecule has 0 radical (unpaired) electrons. The first-order valence-corrected chi connectivity index (χ1v) is 11.0. The van der Waals surface area contributed by atoms with Crippen molar-refractivity contribution in [2.45, 2.75) is 19.4 Å². The quantitative estimate of drug-likeness (QED) is 0.567. The number of rotatable bonds is 8. The molecule has 0 fully saturated rings. The number of halogens is 3. The van der Waals surface area contributed by atoms with Crippen LogP contribution in [0.3, 0.4) is 0 Å². The van der Waals surface area contributed by atoms with Gasteiger partial charge >= 0.3 is 0 Å². The number of amides is 3. The molecule has 34 heavy (non-hydrogen) atoms. The average molecular weight is 510 g/mol. The predicted molar refractivity (Wildman–Crippen MR) is 126 cm³/mol. The zero-order chi connectivity index (χ0) is 24.8. The number of carbonyl (C=O) groups is 3. The van der Waals surface area contributed by atoms with Gasteiger partial charge in [-0.2, -0.15) is 0 Å². The lowest BCUT2D eigenvalue weighted by atomic mass is 10.1. The molecule has 1 aliphatic rings. The van der Waals surface area contributed by atoms with Gasteiger partial charge in [0.25, 0.3) is 11.8 Å². The Bertz CT molecular complexity index is 1130. The highest BCUT2D eigenvalue weighted by Gasteiger charge is 2.33. The highest BCUT2D eigenvalue weighted by molar-refractivity contribution is 6.31. The van der Waals surface area contributed by atoms with E-state index in [1.807, 2.05) is 0 Å². The molecular weight excluding hydrogens is 488 g/mol. The summed E-state index contributed by atoms with van der Waals surface area (Å²) in [4.78, 5) is 38.0. The molecule has 0 aromatic heterocycles. The van der Waals surface area contributed by atoms with Crippen molar-refractivity contribution in [1.82, 2.24) is 10.6 Å². The molecular formula is C23H22Cl2FN3O5. The number of benzene rings is 2. The van der Waals surface area contributed by atoms with Gasteiger partial charge in [0, 0.05) is 36.7 Å². The van der Waals surface area contributed by atoms with Crippen molar-refractivity contribution in [3.63, 3.8) is 0 Å². The second kappa shape index (κ2) is 11.2. The molecule has 2 N–H and O–H groups in total. The van der Waals surface area contributed by atoms with Crippen LogP contribution in [-0.4, -0.2) is 43.5 Å². The molecule has 1 unspecified atom stereocenters. The Hall–Kier alpha value is -3.30. The highest BCUT2D eigenvalue weighted by atomic mass is 35.5. The fraction of sp³-hybridized carbons (Fsp3) is 0.261. The summed E-state index contributed by atoms with van der Waals surface area (Å²) in [6.45, 7) is 5.05. The summed E-state index contributed by atoms with van der Waals surface area (Å²) in [6.07, 6.45) is -0.695. The minimum absolute atomic E-state index is 0.0150. The molecule has 0 spiro atoms. The van der Waals surface area contributed by atoms with Gasteiger partial charge in [0.05, 0.1) is 17.3 Å². The van der Waals surface area contributed by atoms with E-state index in [0.29, 0.717) is 22.2 Å². The van der Waals surface area contributed by atoms with E-state index in [1.54, 1.807) is 18.2 Å². The van der Waals surface area contributed by atoms with Gasteiger partial charge in [0.1, 0.15) is 17.3 Å². The summed E-state index contributed by atoms with van der Waals surface area (Å²) < 4.78 is 24.3. The lowest BCUT2D eigenvalue weighted by Gasteiger charge is -2.33. The topological polar surface area (TPSA) is 97.0 Å². The summed E-state index contributed by atoms with van der Waals surface area (Å²) in [6, 6.07) is 8.66. The number of hydrogen-bond acceptors (Lipinski definition) is 5. The normalized spacial score (nSPS) is 14.5. The van der Waals surface area contributed by atoms with Gasteiger partial charge in [-0.1, -0.05) is 29.8 Å². The number of nitrogens with zero attached hydrogens (tertiary/aromatic N) is 1. The van der Waals surface area contributed by atoms with Crippen molar-refractivity contribution in [1.29, 1.82) is 0 Å². The summed E-state index contributed by atoms with van der Waals surface area (Å²) in [5, 5.41) is 5.64. The Kier molecular flexibility index (Phi) is 8.36. The Morgan fingerprint density at radius 1 is 1.24 bits per heavy atom. The van der Waals surface area contributed by atoms with Gasteiger partial charge in [-0.15, -0.1) is 0 Å². The van der Waals surface area contributed by atoms with Gasteiger partial charge in [0.2, 0.25) is 5.91 Å². The van der Waals surface area contributed by atoms with Crippen LogP contribution in [0.25, 0.3) is 0 Å². The van der Waals surface area contributed by atoms with E-state index in [1.165, 1.54) is 24.0 Å². The third kappa shape index (κ3) is 6.61. The lowest BCUT2D eigenvalue weighted by molar-refractivity contribution is -0.127. The third-order valence-electron chi connectivity index (χ3n) is 4.81. The number of fused-ring (bicyclic) bond motifs is 1. The molecule has 2 aromatic carbocycles. The van der Waals surface area contributed by atoms with E-state index < -0.39 is 23.7 Å². The summed E-state index contributed by atoms with van der Waals surface area (Å²) in [7, 11) is 0. The van der Waals surface area contributed by atoms with E-state index >= 15 is 0 Å². The van der Waals surface area contributed by atoms with E-state index in [-0.39, 0.29) is 42.8 Å². The van der Waals surface area contributed by atoms with Crippen LogP contribution < -0.4 is 25.0 Å². The van der Waals surface area contributed by atoms with E-state index in [4.69, 9.17) is 32.7 Å². The Morgan fingerprint density at radius 3 is 2.71 bits per heavy atom. The van der Waals surface area contributed by atoms with E-state index in [0.717, 1.165) is 6.07 Å². The van der Waals surface area contributed by atoms with E-state index in [9.17, 15) is 18.8 Å². The maximum atomic E-state index is 13.4. The maximum absolute atomic E-state index is 13.4. The van der Waals surface area contributed by atoms with Crippen LogP contribution in [0.1, 0.15) is 13.3 Å². The molecule has 1 heterocycles. The SMILES string of the molecule is C=C(CCNC(=O)COc1ccc(Cl)c(F)c1)NC(=O)C1CN(C(C)=O)c2cc(Cl)ccc2O1. The minimum Gasteiger partial charge on any atom is -0.484 e. The summed E-state index contributed by atoms with van der Waals surface area (Å²) in [5.74, 6) is -1.27. The second-order valence-corrected chi connectivity index (χ2v) is 8.25. The molecule has 0 saturated carbocycles. The zero-order valence-electron chi connectivity index (χ0n) is 18.2. The molecule has 11 heteroatoms. The average Bonchev–Trinajstić information content (AvgIpc) is 2.78. The Balaban J connectivity index is 1.44. The van der Waals surface area contributed by atoms with Crippen molar-refractivity contribution in [3.8, 4) is 11.5 Å². The fourth-order valence-corrected chi connectivity index (χ4v) is 3.41. The number of ether oxygens (including phenoxy) is 2. The first kappa shape index (κ1) is 25.3. The Labute approximate surface area is 205 Å². The standard InChI is InChI=1S/C23H22Cl2FN3O5/c1-13(7-8-27-22(31)12-33-16-4-5-17(25)18(26)10-16)28-23(32)21-11-29(14(2)30)19-9-15(24)3-6-20(19)34-21/h3-6,9-10,21H,1,7-8,11-12H2,2H3,(H,27,31)(H,28,32). The minimum atomic E-state index is -0.947. The van der Waals surface area contributed by atoms with Crippen LogP contribution in [0, 0.1) is 5.82 Å². The molecule has 1 atom stereocenters. The Morgan fingerprint density at radius 2 is 2.00 bits per heavy atom. The number of anilines is 1. The number of carbonyl (C=O) groups excluding carboxylic acids is 3. The molecule has 180 valence electrons. The molecule has 0 bridgehead atoms. The second-order valence-electron chi connectivity index (χ2n) is 7.41. The molecule has 2 aromatic rings. The van der Waals surface area contributed by atoms with Crippen molar-refractivity contribution < 1.29 is 28.2 Å². The zero-order valence-corrected chi connectivity index (χ0v) is 19.7. The van der Waals surface area contributed by atoms with Gasteiger partial charge in [-0.3, -0.25) is 14.4 Å². The smallest absolute Gasteiger partial charge is 0.267 e. The van der Waals surface area contributed by atoms with Crippen molar-refractivity contribution in [2.75, 3.05) is 24.6 Å². The van der Waals surface area contributed by atoms with Crippen LogP contribution in [0.2, 0.25) is 10.0 Å². The van der Waals surface area contributed by atoms with E-state index in [2.05, 4.69) is 17.2 Å². The van der Waals surface area contributed by atoms with Gasteiger partial charge in [-0.05, 0) is 30.3 Å². The molecule has 0 aliphatic carbocycles. The predicted octanol–water partition coefficient (Wildman–Crippen LogP) is 3.46. The van der Waals surface area contributed by atoms with Crippen molar-refractivity contribution in [3.05, 3.63) is 64.5 Å². The van der Waals surface area contributed by atoms with Crippen molar-refractivity contribution in [2.24, 2.45) is 0 Å². The largest absolute Gasteiger partial charge is 0.484 e. The van der Waals surface area contributed by atoms with Crippen LogP contribution in [0.15, 0.2) is 48.7 Å². The third-order valence-corrected chi connectivity index (χ3v) is 5.35. The molecule has 3 amide bonds. The first-order chi connectivity index (χ1) is 16.1. The van der Waals surface area contributed by atoms with Gasteiger partial charge < -0.3 is 25.0 Å².